The number of rotatable bonds is 6. The van der Waals surface area contributed by atoms with E-state index in [0.717, 1.165) is 17.3 Å². The number of likely N-dealkylation sites (tertiary alicyclic amines) is 2. The molecule has 3 atom stereocenters. The number of hydrogen-bond acceptors (Lipinski definition) is 4. The molecule has 226 valence electrons. The first kappa shape index (κ1) is 29.9. The van der Waals surface area contributed by atoms with Crippen LogP contribution in [-0.2, 0) is 27.6 Å². The molecule has 4 amide bonds. The van der Waals surface area contributed by atoms with Crippen LogP contribution < -0.4 is 16.0 Å². The third kappa shape index (κ3) is 5.23. The maximum absolute atomic E-state index is 14.2. The lowest BCUT2D eigenvalue weighted by Crippen LogP contribution is -2.57. The van der Waals surface area contributed by atoms with E-state index < -0.39 is 35.1 Å². The topological polar surface area (TPSA) is 99.0 Å². The van der Waals surface area contributed by atoms with E-state index in [1.807, 2.05) is 43.0 Å². The van der Waals surface area contributed by atoms with Crippen LogP contribution in [0.2, 0.25) is 0 Å². The molecule has 3 aliphatic heterocycles. The van der Waals surface area contributed by atoms with Crippen LogP contribution in [0.5, 0.6) is 0 Å². The summed E-state index contributed by atoms with van der Waals surface area (Å²) in [6.07, 6.45) is -3.17. The molecule has 3 aliphatic rings. The van der Waals surface area contributed by atoms with E-state index in [2.05, 4.69) is 5.32 Å². The van der Waals surface area contributed by atoms with Crippen LogP contribution in [0.4, 0.5) is 23.7 Å². The summed E-state index contributed by atoms with van der Waals surface area (Å²) in [7, 11) is 1.71. The SMILES string of the molecule is CNC1CCN(C(N)=O)C1[C@H](Cc1ccccc1C(F)(F)F)C(=O)N1CCC(N2C(=O)C(C)(C)c3ccccc32)CC1. The zero-order valence-electron chi connectivity index (χ0n) is 24.2. The number of urea groups is 1. The predicted molar refractivity (Wildman–Crippen MR) is 153 cm³/mol. The van der Waals surface area contributed by atoms with Crippen LogP contribution in [0.25, 0.3) is 0 Å². The molecule has 3 N–H and O–H groups in total. The van der Waals surface area contributed by atoms with Gasteiger partial charge in [-0.3, -0.25) is 9.59 Å². The van der Waals surface area contributed by atoms with Crippen molar-refractivity contribution in [2.45, 2.75) is 69.2 Å². The van der Waals surface area contributed by atoms with E-state index in [0.29, 0.717) is 38.9 Å². The number of anilines is 1. The molecule has 0 bridgehead atoms. The molecule has 8 nitrogen and oxygen atoms in total. The van der Waals surface area contributed by atoms with Gasteiger partial charge in [0.25, 0.3) is 0 Å². The number of alkyl halides is 3. The second-order valence-corrected chi connectivity index (χ2v) is 12.0. The van der Waals surface area contributed by atoms with E-state index in [-0.39, 0.29) is 35.9 Å². The third-order valence-electron chi connectivity index (χ3n) is 9.33. The Morgan fingerprint density at radius 2 is 1.67 bits per heavy atom. The highest BCUT2D eigenvalue weighted by Crippen LogP contribution is 2.44. The Kier molecular flexibility index (Phi) is 8.00. The summed E-state index contributed by atoms with van der Waals surface area (Å²) >= 11 is 0. The molecule has 5 rings (SSSR count). The molecular weight excluding hydrogens is 547 g/mol. The molecule has 2 aromatic carbocycles. The molecule has 0 aliphatic carbocycles. The van der Waals surface area contributed by atoms with Gasteiger partial charge >= 0.3 is 12.2 Å². The molecule has 2 saturated heterocycles. The van der Waals surface area contributed by atoms with Crippen molar-refractivity contribution >= 4 is 23.5 Å². The number of nitrogens with one attached hydrogen (secondary N) is 1. The van der Waals surface area contributed by atoms with Crippen LogP contribution in [0.15, 0.2) is 48.5 Å². The molecule has 0 radical (unpaired) electrons. The smallest absolute Gasteiger partial charge is 0.351 e. The standard InChI is InChI=1S/C31H38F3N5O3/c1-30(2)23-10-6-7-11-25(23)39(28(30)41)20-12-15-37(16-13-20)27(40)21(26-24(36-3)14-17-38(26)29(35)42)18-19-8-4-5-9-22(19)31(32,33)34/h4-11,20-21,24,26,36H,12-18H2,1-3H3,(H2,35,42)/t21-,24?,26?/m0/s1. The summed E-state index contributed by atoms with van der Waals surface area (Å²) in [5.41, 5.74) is 6.12. The number of hydrogen-bond donors (Lipinski definition) is 2. The fourth-order valence-electron chi connectivity index (χ4n) is 7.13. The lowest BCUT2D eigenvalue weighted by molar-refractivity contribution is -0.141. The second kappa shape index (κ2) is 11.2. The largest absolute Gasteiger partial charge is 0.416 e. The number of benzene rings is 2. The molecule has 11 heteroatoms. The average molecular weight is 586 g/mol. The van der Waals surface area contributed by atoms with Gasteiger partial charge in [0.1, 0.15) is 0 Å². The van der Waals surface area contributed by atoms with Crippen molar-refractivity contribution in [1.82, 2.24) is 15.1 Å². The number of halogens is 3. The van der Waals surface area contributed by atoms with E-state index in [4.69, 9.17) is 5.73 Å². The highest BCUT2D eigenvalue weighted by molar-refractivity contribution is 6.08. The Balaban J connectivity index is 1.41. The number of nitrogens with two attached hydrogens (primary N) is 1. The highest BCUT2D eigenvalue weighted by Gasteiger charge is 2.49. The van der Waals surface area contributed by atoms with Crippen LogP contribution in [0.1, 0.15) is 49.8 Å². The predicted octanol–water partition coefficient (Wildman–Crippen LogP) is 3.92. The first-order chi connectivity index (χ1) is 19.9. The van der Waals surface area contributed by atoms with Gasteiger partial charge in [-0.1, -0.05) is 36.4 Å². The number of carbonyl (C=O) groups is 3. The molecular formula is C31H38F3N5O3. The minimum Gasteiger partial charge on any atom is -0.351 e. The number of piperidine rings is 1. The van der Waals surface area contributed by atoms with E-state index in [1.165, 1.54) is 23.1 Å². The van der Waals surface area contributed by atoms with E-state index in [1.54, 1.807) is 11.9 Å². The monoisotopic (exact) mass is 585 g/mol. The fraction of sp³-hybridized carbons (Fsp3) is 0.516. The van der Waals surface area contributed by atoms with Crippen molar-refractivity contribution in [3.05, 3.63) is 65.2 Å². The van der Waals surface area contributed by atoms with Gasteiger partial charge in [0.2, 0.25) is 11.8 Å². The summed E-state index contributed by atoms with van der Waals surface area (Å²) in [6.45, 7) is 4.84. The molecule has 0 aromatic heterocycles. The average Bonchev–Trinajstić information content (AvgIpc) is 3.48. The minimum atomic E-state index is -4.59. The van der Waals surface area contributed by atoms with Crippen molar-refractivity contribution in [3.8, 4) is 0 Å². The van der Waals surface area contributed by atoms with E-state index >= 15 is 0 Å². The molecule has 3 heterocycles. The van der Waals surface area contributed by atoms with Crippen molar-refractivity contribution < 1.29 is 27.6 Å². The quantitative estimate of drug-likeness (QED) is 0.537. The van der Waals surface area contributed by atoms with Gasteiger partial charge < -0.3 is 25.8 Å². The maximum atomic E-state index is 14.2. The summed E-state index contributed by atoms with van der Waals surface area (Å²) in [5, 5.41) is 3.15. The Morgan fingerprint density at radius 3 is 2.31 bits per heavy atom. The number of primary amides is 1. The lowest BCUT2D eigenvalue weighted by atomic mass is 9.84. The highest BCUT2D eigenvalue weighted by atomic mass is 19.4. The number of likely N-dealkylation sites (N-methyl/N-ethyl adjacent to an activating group) is 1. The van der Waals surface area contributed by atoms with Crippen molar-refractivity contribution in [3.63, 3.8) is 0 Å². The fourth-order valence-corrected chi connectivity index (χ4v) is 7.13. The number of nitrogens with zero attached hydrogens (tertiary/aromatic N) is 3. The molecule has 42 heavy (non-hydrogen) atoms. The van der Waals surface area contributed by atoms with Gasteiger partial charge in [-0.2, -0.15) is 13.2 Å². The number of para-hydroxylation sites is 1. The zero-order chi connectivity index (χ0) is 30.4. The van der Waals surface area contributed by atoms with Gasteiger partial charge in [0.15, 0.2) is 0 Å². The van der Waals surface area contributed by atoms with Gasteiger partial charge in [0, 0.05) is 37.4 Å². The van der Waals surface area contributed by atoms with Crippen molar-refractivity contribution in [2.75, 3.05) is 31.6 Å². The van der Waals surface area contributed by atoms with Crippen LogP contribution in [0.3, 0.4) is 0 Å². The number of amides is 4. The minimum absolute atomic E-state index is 0.00547. The molecule has 2 fully saturated rings. The molecule has 2 aromatic rings. The molecule has 2 unspecified atom stereocenters. The summed E-state index contributed by atoms with van der Waals surface area (Å²) in [6, 6.07) is 11.2. The van der Waals surface area contributed by atoms with Crippen molar-refractivity contribution in [2.24, 2.45) is 11.7 Å². The Labute approximate surface area is 244 Å². The van der Waals surface area contributed by atoms with Gasteiger partial charge in [-0.15, -0.1) is 0 Å². The third-order valence-corrected chi connectivity index (χ3v) is 9.33. The molecule has 0 spiro atoms. The van der Waals surface area contributed by atoms with Crippen LogP contribution in [0, 0.1) is 5.92 Å². The Hall–Kier alpha value is -3.60. The lowest BCUT2D eigenvalue weighted by Gasteiger charge is -2.41. The number of fused-ring (bicyclic) bond motifs is 1. The van der Waals surface area contributed by atoms with Crippen LogP contribution in [-0.4, -0.2) is 72.5 Å². The van der Waals surface area contributed by atoms with Crippen molar-refractivity contribution in [1.29, 1.82) is 0 Å². The Bertz CT molecular complexity index is 1360. The number of carbonyl (C=O) groups excluding carboxylic acids is 3. The van der Waals surface area contributed by atoms with Gasteiger partial charge in [-0.25, -0.2) is 4.79 Å². The molecule has 0 saturated carbocycles. The van der Waals surface area contributed by atoms with E-state index in [9.17, 15) is 27.6 Å². The summed E-state index contributed by atoms with van der Waals surface area (Å²) < 4.78 is 41.8. The zero-order valence-corrected chi connectivity index (χ0v) is 24.2. The normalized spacial score (nSPS) is 23.3. The summed E-state index contributed by atoms with van der Waals surface area (Å²) in [5.74, 6) is -1.22. The Morgan fingerprint density at radius 1 is 1.02 bits per heavy atom. The van der Waals surface area contributed by atoms with Gasteiger partial charge in [-0.05, 0) is 69.8 Å². The first-order valence-electron chi connectivity index (χ1n) is 14.5. The van der Waals surface area contributed by atoms with Gasteiger partial charge in [0.05, 0.1) is 22.9 Å². The summed E-state index contributed by atoms with van der Waals surface area (Å²) in [4.78, 5) is 45.1. The maximum Gasteiger partial charge on any atom is 0.416 e. The second-order valence-electron chi connectivity index (χ2n) is 12.0. The first-order valence-corrected chi connectivity index (χ1v) is 14.5. The van der Waals surface area contributed by atoms with Crippen LogP contribution >= 0.6 is 0 Å².